The third-order valence-electron chi connectivity index (χ3n) is 13.6. The number of halogens is 6. The first-order valence-electron chi connectivity index (χ1n) is 23.7. The van der Waals surface area contributed by atoms with Crippen molar-refractivity contribution in [2.24, 2.45) is 11.8 Å². The number of ether oxygens (including phenoxy) is 4. The maximum atomic E-state index is 15.5. The van der Waals surface area contributed by atoms with Gasteiger partial charge in [-0.3, -0.25) is 4.18 Å². The molecule has 9 rings (SSSR count). The number of rotatable bonds is 13. The Bertz CT molecular complexity index is 3550. The first-order chi connectivity index (χ1) is 35.9. The molecular weight excluding hydrogens is 1160 g/mol. The second kappa shape index (κ2) is 23.4. The Morgan fingerprint density at radius 3 is 1.32 bits per heavy atom. The van der Waals surface area contributed by atoms with Gasteiger partial charge >= 0.3 is 0 Å². The number of hydrogen-bond donors (Lipinski definition) is 0. The number of sulfone groups is 4. The van der Waals surface area contributed by atoms with Gasteiger partial charge in [-0.1, -0.05) is 40.9 Å². The van der Waals surface area contributed by atoms with Crippen LogP contribution in [0.1, 0.15) is 48.8 Å². The van der Waals surface area contributed by atoms with Gasteiger partial charge in [0.2, 0.25) is 0 Å². The van der Waals surface area contributed by atoms with Gasteiger partial charge in [-0.2, -0.15) is 8.42 Å². The molecule has 15 nitrogen and oxygen atoms in total. The summed E-state index contributed by atoms with van der Waals surface area (Å²) < 4.78 is 209. The highest BCUT2D eigenvalue weighted by Gasteiger charge is 2.63. The van der Waals surface area contributed by atoms with E-state index in [4.69, 9.17) is 46.3 Å². The molecule has 4 aliphatic heterocycles. The lowest BCUT2D eigenvalue weighted by Crippen LogP contribution is -2.57. The number of fused-ring (bicyclic) bond motifs is 6. The standard InChI is InChI=1S/C27H25ClF2O7S2.C22H23ClF2O6S2.C2H6O2S/c1-17-2-6-20(7-3-17)39(33,34)37-14-12-24-21-16-36-26-23(30)11-10-22(29)25(26)27(21,13-15-35-24)38(31,32)19-8-4-18(28)5-9-19;1-32(26,27)12-2-3-19-16-13-31-21-18(25)9-8-17(24)20(21)22(16,10-11-30-19)33(28,29)15-6-4-14(23)5-7-15;1-5(2,3)4/h2-11,21,24H,12-16H2,1H3;4-9,16,19H,2-3,10-13H2,1H3;1-2H3/t21-,24-,27-;16-,19-,22-;/m00./s1. The Labute approximate surface area is 455 Å². The summed E-state index contributed by atoms with van der Waals surface area (Å²) in [5.41, 5.74) is 0.143. The van der Waals surface area contributed by atoms with Crippen LogP contribution in [0.2, 0.25) is 10.0 Å². The minimum Gasteiger partial charge on any atom is -0.490 e. The van der Waals surface area contributed by atoms with Crippen LogP contribution in [0.5, 0.6) is 11.5 Å². The van der Waals surface area contributed by atoms with E-state index >= 15 is 8.78 Å². The molecule has 5 aromatic carbocycles. The molecule has 2 fully saturated rings. The Kier molecular flexibility index (Phi) is 18.3. The van der Waals surface area contributed by atoms with Gasteiger partial charge in [0.25, 0.3) is 10.1 Å². The van der Waals surface area contributed by atoms with E-state index in [9.17, 15) is 50.9 Å². The molecule has 4 aliphatic rings. The Morgan fingerprint density at radius 2 is 0.922 bits per heavy atom. The highest BCUT2D eigenvalue weighted by molar-refractivity contribution is 7.93. The summed E-state index contributed by atoms with van der Waals surface area (Å²) in [7, 11) is -18.6. The van der Waals surface area contributed by atoms with E-state index in [1.165, 1.54) is 60.7 Å². The molecule has 0 saturated carbocycles. The molecule has 0 bridgehead atoms. The average Bonchev–Trinajstić information content (AvgIpc) is 3.56. The fourth-order valence-electron chi connectivity index (χ4n) is 10.3. The van der Waals surface area contributed by atoms with E-state index in [1.807, 2.05) is 6.92 Å². The molecule has 0 aromatic heterocycles. The van der Waals surface area contributed by atoms with Crippen molar-refractivity contribution in [2.45, 2.75) is 75.4 Å². The molecule has 0 amide bonds. The van der Waals surface area contributed by atoms with Crippen LogP contribution >= 0.6 is 23.2 Å². The summed E-state index contributed by atoms with van der Waals surface area (Å²) in [6, 6.07) is 20.7. The van der Waals surface area contributed by atoms with Crippen molar-refractivity contribution in [3.8, 4) is 11.5 Å². The van der Waals surface area contributed by atoms with Crippen molar-refractivity contribution in [3.63, 3.8) is 0 Å². The van der Waals surface area contributed by atoms with E-state index in [0.29, 0.717) is 10.0 Å². The summed E-state index contributed by atoms with van der Waals surface area (Å²) >= 11 is 11.9. The molecule has 0 N–H and O–H groups in total. The van der Waals surface area contributed by atoms with E-state index in [2.05, 4.69) is 0 Å². The van der Waals surface area contributed by atoms with Gasteiger partial charge in [-0.05, 0) is 124 Å². The quantitative estimate of drug-likeness (QED) is 0.0795. The van der Waals surface area contributed by atoms with Crippen LogP contribution in [0.25, 0.3) is 0 Å². The maximum Gasteiger partial charge on any atom is 0.296 e. The van der Waals surface area contributed by atoms with Gasteiger partial charge in [0.05, 0.1) is 57.8 Å². The summed E-state index contributed by atoms with van der Waals surface area (Å²) in [5, 5.41) is 0.641. The van der Waals surface area contributed by atoms with Crippen molar-refractivity contribution in [1.82, 2.24) is 0 Å². The molecule has 6 atom stereocenters. The highest BCUT2D eigenvalue weighted by atomic mass is 35.5. The molecule has 0 aliphatic carbocycles. The van der Waals surface area contributed by atoms with Crippen LogP contribution in [0.3, 0.4) is 0 Å². The van der Waals surface area contributed by atoms with Gasteiger partial charge in [0.1, 0.15) is 40.8 Å². The van der Waals surface area contributed by atoms with E-state index < -0.39 is 123 Å². The molecule has 77 heavy (non-hydrogen) atoms. The topological polar surface area (TPSA) is 217 Å². The second-order valence-electron chi connectivity index (χ2n) is 19.1. The Morgan fingerprint density at radius 1 is 0.545 bits per heavy atom. The number of hydrogen-bond acceptors (Lipinski definition) is 15. The van der Waals surface area contributed by atoms with Gasteiger partial charge < -0.3 is 18.9 Å². The number of benzene rings is 5. The predicted octanol–water partition coefficient (Wildman–Crippen LogP) is 8.76. The summed E-state index contributed by atoms with van der Waals surface area (Å²) in [6.45, 7) is 0.851. The van der Waals surface area contributed by atoms with Crippen LogP contribution in [-0.4, -0.2) is 112 Å². The normalized spacial score (nSPS) is 23.1. The van der Waals surface area contributed by atoms with Crippen LogP contribution in [0.15, 0.2) is 112 Å². The fourth-order valence-corrected chi connectivity index (χ4v) is 16.8. The molecule has 420 valence electrons. The zero-order valence-electron chi connectivity index (χ0n) is 41.8. The zero-order chi connectivity index (χ0) is 56.5. The molecule has 26 heteroatoms. The lowest BCUT2D eigenvalue weighted by Gasteiger charge is -2.50. The van der Waals surface area contributed by atoms with E-state index in [0.717, 1.165) is 48.6 Å². The monoisotopic (exact) mass is 1210 g/mol. The molecular formula is C51H54Cl2F4O15S5. The van der Waals surface area contributed by atoms with Crippen LogP contribution < -0.4 is 9.47 Å². The lowest BCUT2D eigenvalue weighted by atomic mass is 9.75. The molecule has 0 spiro atoms. The SMILES string of the molecule is CS(=O)(=O)CCC[C@@H]1OCC[C@@]2(S(=O)(=O)c3ccc(Cl)cc3)c3c(F)ccc(F)c3OC[C@@H]12.CS(C)(=O)=O.Cc1ccc(S(=O)(=O)OCC[C@@H]2OCC[C@@]3(S(=O)(=O)c4ccc(Cl)cc4)c4c(F)ccc(F)c4OC[C@@H]23)cc1. The predicted molar refractivity (Wildman–Crippen MR) is 279 cm³/mol. The highest BCUT2D eigenvalue weighted by Crippen LogP contribution is 2.58. The summed E-state index contributed by atoms with van der Waals surface area (Å²) in [4.78, 5) is -0.220. The van der Waals surface area contributed by atoms with Gasteiger partial charge in [-0.15, -0.1) is 0 Å². The van der Waals surface area contributed by atoms with Gasteiger partial charge in [-0.25, -0.2) is 51.2 Å². The third-order valence-corrected chi connectivity index (χ3v) is 21.6. The van der Waals surface area contributed by atoms with Gasteiger partial charge in [0, 0.05) is 59.6 Å². The van der Waals surface area contributed by atoms with Gasteiger partial charge in [0.15, 0.2) is 42.8 Å². The Hall–Kier alpha value is -4.37. The van der Waals surface area contributed by atoms with Crippen molar-refractivity contribution < 1.29 is 82.8 Å². The molecule has 0 unspecified atom stereocenters. The van der Waals surface area contributed by atoms with E-state index in [-0.39, 0.29) is 91.1 Å². The van der Waals surface area contributed by atoms with Crippen LogP contribution in [-0.2, 0) is 72.6 Å². The second-order valence-corrected chi connectivity index (χ2v) is 30.6. The minimum absolute atomic E-state index is 0.0233. The van der Waals surface area contributed by atoms with Crippen LogP contribution in [0.4, 0.5) is 17.6 Å². The van der Waals surface area contributed by atoms with Crippen LogP contribution in [0, 0.1) is 42.0 Å². The molecule has 2 saturated heterocycles. The number of aryl methyl sites for hydroxylation is 1. The summed E-state index contributed by atoms with van der Waals surface area (Å²) in [5.74, 6) is -6.39. The molecule has 5 aromatic rings. The fraction of sp³-hybridized carbons (Fsp3) is 0.412. The molecule has 4 heterocycles. The van der Waals surface area contributed by atoms with Crippen molar-refractivity contribution in [1.29, 1.82) is 0 Å². The van der Waals surface area contributed by atoms with E-state index in [1.54, 1.807) is 12.1 Å². The summed E-state index contributed by atoms with van der Waals surface area (Å²) in [6.07, 6.45) is 1.95. The Balaban J connectivity index is 0.000000208. The van der Waals surface area contributed by atoms with Crippen molar-refractivity contribution in [3.05, 3.63) is 147 Å². The zero-order valence-corrected chi connectivity index (χ0v) is 47.4. The smallest absolute Gasteiger partial charge is 0.296 e. The maximum absolute atomic E-state index is 15.5. The van der Waals surface area contributed by atoms with Crippen molar-refractivity contribution in [2.75, 3.05) is 57.6 Å². The van der Waals surface area contributed by atoms with Crippen molar-refractivity contribution >= 4 is 72.7 Å². The first kappa shape index (κ1) is 60.3. The average molecular weight is 1210 g/mol. The minimum atomic E-state index is -4.37. The third kappa shape index (κ3) is 12.7. The first-order valence-corrected chi connectivity index (χ1v) is 33.2. The lowest BCUT2D eigenvalue weighted by molar-refractivity contribution is -0.0794. The molecule has 0 radical (unpaired) electrons. The largest absolute Gasteiger partial charge is 0.490 e.